The van der Waals surface area contributed by atoms with E-state index in [4.69, 9.17) is 0 Å². The van der Waals surface area contributed by atoms with Gasteiger partial charge in [0.05, 0.1) is 0 Å². The number of quaternary nitrogens is 1. The summed E-state index contributed by atoms with van der Waals surface area (Å²) in [6.45, 7) is 4.27. The van der Waals surface area contributed by atoms with Crippen LogP contribution in [0, 0.1) is 5.21 Å². The van der Waals surface area contributed by atoms with E-state index in [1.165, 1.54) is 5.56 Å². The predicted octanol–water partition coefficient (Wildman–Crippen LogP) is 1.50. The highest BCUT2D eigenvalue weighted by Crippen LogP contribution is 2.14. The zero-order valence-corrected chi connectivity index (χ0v) is 6.87. The van der Waals surface area contributed by atoms with Gasteiger partial charge in [-0.25, -0.2) is 0 Å². The molecule has 0 heterocycles. The van der Waals surface area contributed by atoms with E-state index >= 15 is 0 Å². The molecule has 0 saturated heterocycles. The molecule has 0 amide bonds. The smallest absolute Gasteiger partial charge is 0.129 e. The van der Waals surface area contributed by atoms with Crippen LogP contribution in [0.4, 0.5) is 5.69 Å². The molecule has 0 unspecified atom stereocenters. The molecular formula is C9H13NO. The van der Waals surface area contributed by atoms with Gasteiger partial charge in [-0.3, -0.25) is 0 Å². The minimum absolute atomic E-state index is 0.538. The quantitative estimate of drug-likeness (QED) is 0.505. The van der Waals surface area contributed by atoms with Gasteiger partial charge < -0.3 is 10.7 Å². The topological polar surface area (TPSA) is 39.7 Å². The Kier molecular flexibility index (Phi) is 2.63. The van der Waals surface area contributed by atoms with Crippen molar-refractivity contribution in [1.29, 1.82) is 0 Å². The fourth-order valence-electron chi connectivity index (χ4n) is 0.959. The molecular weight excluding hydrogens is 138 g/mol. The molecule has 1 aromatic carbocycles. The number of nitrogens with two attached hydrogens (primary N) is 1. The minimum Gasteiger partial charge on any atom is -0.630 e. The Hall–Kier alpha value is -0.860. The molecule has 60 valence electrons. The van der Waals surface area contributed by atoms with Crippen molar-refractivity contribution in [1.82, 2.24) is 0 Å². The molecule has 11 heavy (non-hydrogen) atoms. The van der Waals surface area contributed by atoms with Crippen LogP contribution in [0.1, 0.15) is 25.3 Å². The van der Waals surface area contributed by atoms with Crippen LogP contribution in [-0.2, 0) is 0 Å². The summed E-state index contributed by atoms with van der Waals surface area (Å²) in [4.78, 5) is 0. The number of hydrogen-bond donors (Lipinski definition) is 1. The summed E-state index contributed by atoms with van der Waals surface area (Å²) in [6.07, 6.45) is 0. The van der Waals surface area contributed by atoms with Crippen molar-refractivity contribution in [2.24, 2.45) is 0 Å². The Balaban J connectivity index is 2.83. The lowest BCUT2D eigenvalue weighted by Gasteiger charge is -2.05. The van der Waals surface area contributed by atoms with Gasteiger partial charge in [0.25, 0.3) is 0 Å². The lowest BCUT2D eigenvalue weighted by molar-refractivity contribution is -0.497. The summed E-state index contributed by atoms with van der Waals surface area (Å²) in [5.41, 5.74) is 2.88. The van der Waals surface area contributed by atoms with Gasteiger partial charge in [-0.05, 0) is 23.6 Å². The molecule has 0 saturated carbocycles. The molecule has 0 bridgehead atoms. The van der Waals surface area contributed by atoms with E-state index in [1.54, 1.807) is 0 Å². The third-order valence-corrected chi connectivity index (χ3v) is 1.74. The van der Waals surface area contributed by atoms with E-state index in [-0.39, 0.29) is 0 Å². The summed E-state index contributed by atoms with van der Waals surface area (Å²) < 4.78 is 0. The maximum absolute atomic E-state index is 10.3. The second-order valence-corrected chi connectivity index (χ2v) is 2.94. The van der Waals surface area contributed by atoms with Crippen molar-refractivity contribution in [2.45, 2.75) is 19.8 Å². The van der Waals surface area contributed by atoms with Crippen LogP contribution in [0.15, 0.2) is 24.3 Å². The molecule has 0 aliphatic rings. The maximum atomic E-state index is 10.3. The normalized spacial score (nSPS) is 10.5. The van der Waals surface area contributed by atoms with Crippen LogP contribution in [0.5, 0.6) is 0 Å². The van der Waals surface area contributed by atoms with Crippen LogP contribution >= 0.6 is 0 Å². The zero-order chi connectivity index (χ0) is 8.27. The standard InChI is InChI=1S/C9H13NO/c1-7(2)8-3-5-9(10-11)6-4-8/h3-7H,10H2,1-2H3. The SMILES string of the molecule is CC(C)c1ccc([NH2+][O-])cc1. The van der Waals surface area contributed by atoms with Crippen molar-refractivity contribution >= 4 is 5.69 Å². The van der Waals surface area contributed by atoms with Crippen LogP contribution in [0.3, 0.4) is 0 Å². The summed E-state index contributed by atoms with van der Waals surface area (Å²) in [5, 5.41) is 10.3. The van der Waals surface area contributed by atoms with Crippen LogP contribution in [0.2, 0.25) is 0 Å². The van der Waals surface area contributed by atoms with Gasteiger partial charge in [0.2, 0.25) is 0 Å². The average molecular weight is 151 g/mol. The number of hydrogen-bond acceptors (Lipinski definition) is 1. The van der Waals surface area contributed by atoms with E-state index in [9.17, 15) is 5.21 Å². The van der Waals surface area contributed by atoms with Gasteiger partial charge in [0.1, 0.15) is 5.69 Å². The first-order valence-corrected chi connectivity index (χ1v) is 3.79. The van der Waals surface area contributed by atoms with Gasteiger partial charge in [-0.1, -0.05) is 26.0 Å². The van der Waals surface area contributed by atoms with Crippen LogP contribution in [0.25, 0.3) is 0 Å². The maximum Gasteiger partial charge on any atom is 0.129 e. The Labute approximate surface area is 66.8 Å². The lowest BCUT2D eigenvalue weighted by Crippen LogP contribution is -2.70. The average Bonchev–Trinajstić information content (AvgIpc) is 2.05. The Morgan fingerprint density at radius 1 is 1.18 bits per heavy atom. The first kappa shape index (κ1) is 8.24. The third kappa shape index (κ3) is 2.03. The largest absolute Gasteiger partial charge is 0.630 e. The summed E-state index contributed by atoms with van der Waals surface area (Å²) in [6, 6.07) is 7.69. The molecule has 0 spiro atoms. The Morgan fingerprint density at radius 2 is 1.73 bits per heavy atom. The highest BCUT2D eigenvalue weighted by Gasteiger charge is 1.97. The van der Waals surface area contributed by atoms with Crippen molar-refractivity contribution < 1.29 is 5.48 Å². The van der Waals surface area contributed by atoms with Gasteiger partial charge in [-0.2, -0.15) is 0 Å². The van der Waals surface area contributed by atoms with E-state index in [0.717, 1.165) is 11.2 Å². The first-order valence-electron chi connectivity index (χ1n) is 3.79. The molecule has 0 fully saturated rings. The predicted molar refractivity (Wildman–Crippen MR) is 45.5 cm³/mol. The fraction of sp³-hybridized carbons (Fsp3) is 0.333. The van der Waals surface area contributed by atoms with Gasteiger partial charge in [0, 0.05) is 0 Å². The van der Waals surface area contributed by atoms with Gasteiger partial charge in [-0.15, -0.1) is 0 Å². The first-order chi connectivity index (χ1) is 5.24. The molecule has 2 nitrogen and oxygen atoms in total. The molecule has 0 atom stereocenters. The molecule has 0 radical (unpaired) electrons. The lowest BCUT2D eigenvalue weighted by atomic mass is 10.0. The molecule has 2 N–H and O–H groups in total. The van der Waals surface area contributed by atoms with Crippen molar-refractivity contribution in [3.8, 4) is 0 Å². The van der Waals surface area contributed by atoms with Crippen LogP contribution in [-0.4, -0.2) is 0 Å². The molecule has 0 aromatic heterocycles. The van der Waals surface area contributed by atoms with E-state index in [2.05, 4.69) is 13.8 Å². The fourth-order valence-corrected chi connectivity index (χ4v) is 0.959. The summed E-state index contributed by atoms with van der Waals surface area (Å²) in [5.74, 6) is 0.538. The zero-order valence-electron chi connectivity index (χ0n) is 6.87. The van der Waals surface area contributed by atoms with Gasteiger partial charge >= 0.3 is 0 Å². The van der Waals surface area contributed by atoms with E-state index in [1.807, 2.05) is 24.3 Å². The van der Waals surface area contributed by atoms with E-state index in [0.29, 0.717) is 5.92 Å². The molecule has 0 aliphatic carbocycles. The second-order valence-electron chi connectivity index (χ2n) is 2.94. The molecule has 2 heteroatoms. The van der Waals surface area contributed by atoms with Crippen LogP contribution < -0.4 is 5.48 Å². The van der Waals surface area contributed by atoms with Crippen molar-refractivity contribution in [2.75, 3.05) is 0 Å². The van der Waals surface area contributed by atoms with E-state index < -0.39 is 0 Å². The monoisotopic (exact) mass is 151 g/mol. The molecule has 1 aromatic rings. The van der Waals surface area contributed by atoms with Gasteiger partial charge in [0.15, 0.2) is 0 Å². The minimum atomic E-state index is 0.538. The second kappa shape index (κ2) is 3.51. The van der Waals surface area contributed by atoms with Crippen molar-refractivity contribution in [3.05, 3.63) is 35.0 Å². The molecule has 1 rings (SSSR count). The Bertz CT molecular complexity index is 216. The number of benzene rings is 1. The van der Waals surface area contributed by atoms with Crippen molar-refractivity contribution in [3.63, 3.8) is 0 Å². The number of rotatable bonds is 2. The third-order valence-electron chi connectivity index (χ3n) is 1.74. The highest BCUT2D eigenvalue weighted by molar-refractivity contribution is 5.33. The summed E-state index contributed by atoms with van der Waals surface area (Å²) >= 11 is 0. The summed E-state index contributed by atoms with van der Waals surface area (Å²) in [7, 11) is 0. The Morgan fingerprint density at radius 3 is 2.09 bits per heavy atom. The highest BCUT2D eigenvalue weighted by atomic mass is 16.5. The molecule has 0 aliphatic heterocycles.